The van der Waals surface area contributed by atoms with E-state index in [0.29, 0.717) is 34.0 Å². The van der Waals surface area contributed by atoms with Gasteiger partial charge in [-0.15, -0.1) is 0 Å². The summed E-state index contributed by atoms with van der Waals surface area (Å²) in [6.07, 6.45) is -0.269. The van der Waals surface area contributed by atoms with Crippen LogP contribution >= 0.6 is 11.6 Å². The molecule has 1 amide bonds. The number of benzene rings is 2. The molecule has 0 spiro atoms. The average molecular weight is 385 g/mol. The highest BCUT2D eigenvalue weighted by atomic mass is 35.5. The van der Waals surface area contributed by atoms with Crippen molar-refractivity contribution >= 4 is 17.5 Å². The van der Waals surface area contributed by atoms with Gasteiger partial charge >= 0.3 is 0 Å². The smallest absolute Gasteiger partial charge is 0.257 e. The van der Waals surface area contributed by atoms with Crippen molar-refractivity contribution in [1.29, 1.82) is 0 Å². The van der Waals surface area contributed by atoms with Gasteiger partial charge in [0.05, 0.1) is 11.1 Å². The molecule has 0 radical (unpaired) electrons. The van der Waals surface area contributed by atoms with Crippen LogP contribution in [0.3, 0.4) is 0 Å². The van der Waals surface area contributed by atoms with E-state index in [2.05, 4.69) is 10.5 Å². The van der Waals surface area contributed by atoms with Crippen LogP contribution in [0, 0.1) is 6.92 Å². The number of nitrogens with zero attached hydrogens (tertiary/aromatic N) is 1. The zero-order valence-electron chi connectivity index (χ0n) is 15.1. The fourth-order valence-electron chi connectivity index (χ4n) is 2.98. The van der Waals surface area contributed by atoms with E-state index in [9.17, 15) is 9.90 Å². The van der Waals surface area contributed by atoms with Gasteiger partial charge in [-0.05, 0) is 31.9 Å². The molecular formula is C21H21ClN2O3. The molecule has 2 atom stereocenters. The minimum Gasteiger partial charge on any atom is -0.388 e. The summed E-state index contributed by atoms with van der Waals surface area (Å²) < 4.78 is 5.24. The molecule has 6 heteroatoms. The first kappa shape index (κ1) is 19.1. The molecule has 0 aliphatic heterocycles. The minimum absolute atomic E-state index is 0.249. The van der Waals surface area contributed by atoms with E-state index in [1.165, 1.54) is 0 Å². The second-order valence-electron chi connectivity index (χ2n) is 6.48. The number of hydrogen-bond donors (Lipinski definition) is 2. The van der Waals surface area contributed by atoms with E-state index in [-0.39, 0.29) is 11.9 Å². The Balaban J connectivity index is 1.75. The molecule has 0 bridgehead atoms. The fraction of sp³-hybridized carbons (Fsp3) is 0.238. The van der Waals surface area contributed by atoms with Crippen LogP contribution in [0.15, 0.2) is 59.1 Å². The maximum atomic E-state index is 12.8. The molecule has 1 heterocycles. The monoisotopic (exact) mass is 384 g/mol. The molecule has 3 rings (SSSR count). The van der Waals surface area contributed by atoms with E-state index < -0.39 is 6.10 Å². The third-order valence-electron chi connectivity index (χ3n) is 4.36. The predicted molar refractivity (Wildman–Crippen MR) is 105 cm³/mol. The molecule has 1 aromatic heterocycles. The molecule has 140 valence electrons. The molecular weight excluding hydrogens is 364 g/mol. The van der Waals surface area contributed by atoms with Gasteiger partial charge in [-0.2, -0.15) is 0 Å². The third kappa shape index (κ3) is 4.38. The maximum absolute atomic E-state index is 12.8. The molecule has 0 unspecified atom stereocenters. The van der Waals surface area contributed by atoms with Gasteiger partial charge in [-0.25, -0.2) is 0 Å². The number of amides is 1. The maximum Gasteiger partial charge on any atom is 0.257 e. The van der Waals surface area contributed by atoms with Crippen LogP contribution in [-0.4, -0.2) is 22.2 Å². The summed E-state index contributed by atoms with van der Waals surface area (Å²) in [6.45, 7) is 3.54. The van der Waals surface area contributed by atoms with E-state index in [4.69, 9.17) is 16.1 Å². The Labute approximate surface area is 163 Å². The Morgan fingerprint density at radius 1 is 1.19 bits per heavy atom. The number of aryl methyl sites for hydroxylation is 1. The highest BCUT2D eigenvalue weighted by molar-refractivity contribution is 6.33. The number of aromatic nitrogens is 1. The van der Waals surface area contributed by atoms with Crippen LogP contribution in [0.1, 0.15) is 41.1 Å². The minimum atomic E-state index is -0.659. The first-order valence-electron chi connectivity index (χ1n) is 8.72. The van der Waals surface area contributed by atoms with Crippen molar-refractivity contribution in [3.8, 4) is 11.3 Å². The van der Waals surface area contributed by atoms with Gasteiger partial charge < -0.3 is 14.9 Å². The Kier molecular flexibility index (Phi) is 5.94. The van der Waals surface area contributed by atoms with E-state index in [1.807, 2.05) is 49.4 Å². The topological polar surface area (TPSA) is 75.4 Å². The molecule has 0 saturated heterocycles. The van der Waals surface area contributed by atoms with Gasteiger partial charge in [-0.3, -0.25) is 4.79 Å². The number of aliphatic hydroxyl groups is 1. The third-order valence-corrected chi connectivity index (χ3v) is 4.69. The van der Waals surface area contributed by atoms with Gasteiger partial charge in [0.15, 0.2) is 0 Å². The van der Waals surface area contributed by atoms with E-state index >= 15 is 0 Å². The average Bonchev–Trinajstić information content (AvgIpc) is 3.04. The lowest BCUT2D eigenvalue weighted by Crippen LogP contribution is -2.34. The van der Waals surface area contributed by atoms with Crippen LogP contribution in [0.2, 0.25) is 5.02 Å². The van der Waals surface area contributed by atoms with Crippen LogP contribution in [0.25, 0.3) is 11.3 Å². The van der Waals surface area contributed by atoms with Crippen molar-refractivity contribution < 1.29 is 14.4 Å². The second-order valence-corrected chi connectivity index (χ2v) is 6.89. The summed E-state index contributed by atoms with van der Waals surface area (Å²) in [5.74, 6) is 0.106. The number of carbonyl (C=O) groups excluding carboxylic acids is 1. The summed E-state index contributed by atoms with van der Waals surface area (Å²) in [5.41, 5.74) is 2.21. The predicted octanol–water partition coefficient (Wildman–Crippen LogP) is 4.55. The lowest BCUT2D eigenvalue weighted by molar-refractivity contribution is 0.0916. The van der Waals surface area contributed by atoms with Crippen LogP contribution in [0.5, 0.6) is 0 Å². The Morgan fingerprint density at radius 2 is 1.85 bits per heavy atom. The van der Waals surface area contributed by atoms with E-state index in [1.54, 1.807) is 19.1 Å². The Hall–Kier alpha value is -2.63. The van der Waals surface area contributed by atoms with Crippen LogP contribution in [0.4, 0.5) is 0 Å². The summed E-state index contributed by atoms with van der Waals surface area (Å²) in [7, 11) is 0. The molecule has 0 aliphatic carbocycles. The lowest BCUT2D eigenvalue weighted by atomic mass is 10.0. The van der Waals surface area contributed by atoms with Gasteiger partial charge in [0.1, 0.15) is 17.0 Å². The molecule has 27 heavy (non-hydrogen) atoms. The van der Waals surface area contributed by atoms with Crippen molar-refractivity contribution in [2.24, 2.45) is 0 Å². The first-order chi connectivity index (χ1) is 13.0. The van der Waals surface area contributed by atoms with E-state index in [0.717, 1.165) is 5.56 Å². The molecule has 0 fully saturated rings. The zero-order valence-corrected chi connectivity index (χ0v) is 15.9. The Bertz CT molecular complexity index is 924. The van der Waals surface area contributed by atoms with Crippen LogP contribution in [-0.2, 0) is 0 Å². The number of carbonyl (C=O) groups is 1. The fourth-order valence-corrected chi connectivity index (χ4v) is 3.20. The summed E-state index contributed by atoms with van der Waals surface area (Å²) >= 11 is 6.24. The van der Waals surface area contributed by atoms with Crippen molar-refractivity contribution in [3.63, 3.8) is 0 Å². The molecule has 0 aliphatic rings. The van der Waals surface area contributed by atoms with Crippen molar-refractivity contribution in [2.75, 3.05) is 0 Å². The molecule has 0 saturated carbocycles. The summed E-state index contributed by atoms with van der Waals surface area (Å²) in [5, 5.41) is 17.8. The molecule has 2 aromatic carbocycles. The summed E-state index contributed by atoms with van der Waals surface area (Å²) in [6, 6.07) is 16.3. The summed E-state index contributed by atoms with van der Waals surface area (Å²) in [4.78, 5) is 12.8. The van der Waals surface area contributed by atoms with Crippen LogP contribution < -0.4 is 5.32 Å². The SMILES string of the molecule is Cc1onc(-c2ccccc2Cl)c1C(=O)N[C@@H](C)C[C@@H](O)c1ccccc1. The van der Waals surface area contributed by atoms with Crippen molar-refractivity contribution in [3.05, 3.63) is 76.5 Å². The van der Waals surface area contributed by atoms with Gasteiger partial charge in [0.25, 0.3) is 5.91 Å². The molecule has 5 nitrogen and oxygen atoms in total. The highest BCUT2D eigenvalue weighted by Crippen LogP contribution is 2.31. The standard InChI is InChI=1S/C21H21ClN2O3/c1-13(12-18(25)15-8-4-3-5-9-15)23-21(26)19-14(2)27-24-20(19)16-10-6-7-11-17(16)22/h3-11,13,18,25H,12H2,1-2H3,(H,23,26)/t13-,18+/m0/s1. The molecule has 3 aromatic rings. The number of halogens is 1. The number of aliphatic hydroxyl groups excluding tert-OH is 1. The number of rotatable bonds is 6. The Morgan fingerprint density at radius 3 is 2.56 bits per heavy atom. The number of nitrogens with one attached hydrogen (secondary N) is 1. The normalized spacial score (nSPS) is 13.2. The van der Waals surface area contributed by atoms with Gasteiger partial charge in [-0.1, -0.05) is 65.3 Å². The zero-order chi connectivity index (χ0) is 19.4. The van der Waals surface area contributed by atoms with Gasteiger partial charge in [0, 0.05) is 11.6 Å². The van der Waals surface area contributed by atoms with Crippen molar-refractivity contribution in [1.82, 2.24) is 10.5 Å². The highest BCUT2D eigenvalue weighted by Gasteiger charge is 2.24. The second kappa shape index (κ2) is 8.37. The number of hydrogen-bond acceptors (Lipinski definition) is 4. The quantitative estimate of drug-likeness (QED) is 0.654. The lowest BCUT2D eigenvalue weighted by Gasteiger charge is -2.18. The molecule has 2 N–H and O–H groups in total. The largest absolute Gasteiger partial charge is 0.388 e. The van der Waals surface area contributed by atoms with Crippen molar-refractivity contribution in [2.45, 2.75) is 32.4 Å². The van der Waals surface area contributed by atoms with Gasteiger partial charge in [0.2, 0.25) is 0 Å². The first-order valence-corrected chi connectivity index (χ1v) is 9.10.